The molecular weight excluding hydrogens is 256 g/mol. The largest absolute Gasteiger partial charge is 0.313 e. The van der Waals surface area contributed by atoms with E-state index in [4.69, 9.17) is 4.98 Å². The van der Waals surface area contributed by atoms with Crippen LogP contribution >= 0.6 is 0 Å². The van der Waals surface area contributed by atoms with Gasteiger partial charge in [0.05, 0.1) is 5.52 Å². The minimum atomic E-state index is 0.462. The van der Waals surface area contributed by atoms with Gasteiger partial charge in [0, 0.05) is 17.6 Å². The van der Waals surface area contributed by atoms with E-state index in [0.717, 1.165) is 25.0 Å². The molecule has 1 heterocycles. The number of benzene rings is 1. The van der Waals surface area contributed by atoms with Crippen molar-refractivity contribution in [3.05, 3.63) is 41.1 Å². The van der Waals surface area contributed by atoms with E-state index in [1.807, 2.05) is 0 Å². The molecule has 0 atom stereocenters. The summed E-state index contributed by atoms with van der Waals surface area (Å²) in [5.74, 6) is 1.01. The Morgan fingerprint density at radius 1 is 1.05 bits per heavy atom. The van der Waals surface area contributed by atoms with Crippen molar-refractivity contribution in [2.45, 2.75) is 59.4 Å². The quantitative estimate of drug-likeness (QED) is 0.757. The Labute approximate surface area is 129 Å². The topological polar surface area (TPSA) is 24.9 Å². The van der Waals surface area contributed by atoms with Gasteiger partial charge in [0.2, 0.25) is 0 Å². The lowest BCUT2D eigenvalue weighted by molar-refractivity contribution is 0.676. The number of hydrogen-bond acceptors (Lipinski definition) is 2. The molecule has 2 heteroatoms. The van der Waals surface area contributed by atoms with E-state index >= 15 is 0 Å². The predicted molar refractivity (Wildman–Crippen MR) is 91.9 cm³/mol. The molecule has 1 aromatic heterocycles. The van der Waals surface area contributed by atoms with Crippen molar-refractivity contribution < 1.29 is 0 Å². The highest BCUT2D eigenvalue weighted by Crippen LogP contribution is 2.26. The summed E-state index contributed by atoms with van der Waals surface area (Å²) in [7, 11) is 0. The van der Waals surface area contributed by atoms with Gasteiger partial charge in [0.15, 0.2) is 0 Å². The standard InChI is InChI=1S/C19H28N2/c1-6-9-20-12-16-11-19(14(4)5)21-18-8-7-15(13(2)3)10-17(16)18/h7-8,10-11,13-14,20H,6,9,12H2,1-5H3. The molecule has 114 valence electrons. The van der Waals surface area contributed by atoms with Gasteiger partial charge in [-0.1, -0.05) is 40.7 Å². The first-order valence-electron chi connectivity index (χ1n) is 8.17. The van der Waals surface area contributed by atoms with Crippen molar-refractivity contribution in [3.63, 3.8) is 0 Å². The Morgan fingerprint density at radius 2 is 1.81 bits per heavy atom. The Bertz CT molecular complexity index is 600. The zero-order chi connectivity index (χ0) is 15.4. The normalized spacial score (nSPS) is 11.8. The molecule has 0 spiro atoms. The summed E-state index contributed by atoms with van der Waals surface area (Å²) in [5.41, 5.74) is 5.07. The number of nitrogens with one attached hydrogen (secondary N) is 1. The average molecular weight is 284 g/mol. The van der Waals surface area contributed by atoms with E-state index < -0.39 is 0 Å². The Morgan fingerprint density at radius 3 is 2.43 bits per heavy atom. The molecule has 1 aromatic carbocycles. The van der Waals surface area contributed by atoms with Crippen LogP contribution in [-0.2, 0) is 6.54 Å². The lowest BCUT2D eigenvalue weighted by Crippen LogP contribution is -2.14. The summed E-state index contributed by atoms with van der Waals surface area (Å²) >= 11 is 0. The summed E-state index contributed by atoms with van der Waals surface area (Å²) in [6.45, 7) is 13.1. The molecule has 0 saturated heterocycles. The van der Waals surface area contributed by atoms with Crippen molar-refractivity contribution in [1.29, 1.82) is 0 Å². The number of hydrogen-bond donors (Lipinski definition) is 1. The Hall–Kier alpha value is -1.41. The summed E-state index contributed by atoms with van der Waals surface area (Å²) < 4.78 is 0. The third-order valence-corrected chi connectivity index (χ3v) is 3.94. The van der Waals surface area contributed by atoms with Crippen molar-refractivity contribution in [1.82, 2.24) is 10.3 Å². The maximum absolute atomic E-state index is 4.84. The second-order valence-electron chi connectivity index (χ2n) is 6.47. The van der Waals surface area contributed by atoms with E-state index in [-0.39, 0.29) is 0 Å². The van der Waals surface area contributed by atoms with Gasteiger partial charge in [-0.05, 0) is 54.1 Å². The van der Waals surface area contributed by atoms with Crippen molar-refractivity contribution in [2.24, 2.45) is 0 Å². The third-order valence-electron chi connectivity index (χ3n) is 3.94. The molecule has 2 rings (SSSR count). The van der Waals surface area contributed by atoms with Gasteiger partial charge in [-0.2, -0.15) is 0 Å². The van der Waals surface area contributed by atoms with Crippen molar-refractivity contribution in [2.75, 3.05) is 6.54 Å². The van der Waals surface area contributed by atoms with E-state index in [0.29, 0.717) is 11.8 Å². The molecule has 2 aromatic rings. The number of nitrogens with zero attached hydrogens (tertiary/aromatic N) is 1. The second-order valence-corrected chi connectivity index (χ2v) is 6.47. The molecule has 2 nitrogen and oxygen atoms in total. The first-order valence-corrected chi connectivity index (χ1v) is 8.17. The summed E-state index contributed by atoms with van der Waals surface area (Å²) in [5, 5.41) is 4.83. The van der Waals surface area contributed by atoms with Crippen LogP contribution in [0.2, 0.25) is 0 Å². The highest BCUT2D eigenvalue weighted by atomic mass is 14.8. The van der Waals surface area contributed by atoms with Crippen LogP contribution in [0.4, 0.5) is 0 Å². The number of rotatable bonds is 6. The van der Waals surface area contributed by atoms with Crippen LogP contribution in [0, 0.1) is 0 Å². The molecule has 0 radical (unpaired) electrons. The van der Waals surface area contributed by atoms with Crippen LogP contribution in [-0.4, -0.2) is 11.5 Å². The minimum Gasteiger partial charge on any atom is -0.313 e. The smallest absolute Gasteiger partial charge is 0.0708 e. The van der Waals surface area contributed by atoms with Crippen LogP contribution in [0.3, 0.4) is 0 Å². The SMILES string of the molecule is CCCNCc1cc(C(C)C)nc2ccc(C(C)C)cc12. The predicted octanol–water partition coefficient (Wildman–Crippen LogP) is 4.98. The van der Waals surface area contributed by atoms with Gasteiger partial charge in [-0.3, -0.25) is 4.98 Å². The van der Waals surface area contributed by atoms with Crippen molar-refractivity contribution in [3.8, 4) is 0 Å². The molecule has 21 heavy (non-hydrogen) atoms. The molecule has 0 aliphatic heterocycles. The first kappa shape index (κ1) is 16.0. The monoisotopic (exact) mass is 284 g/mol. The van der Waals surface area contributed by atoms with Gasteiger partial charge < -0.3 is 5.32 Å². The Balaban J connectivity index is 2.49. The van der Waals surface area contributed by atoms with Crippen LogP contribution in [0.5, 0.6) is 0 Å². The molecule has 0 saturated carbocycles. The summed E-state index contributed by atoms with van der Waals surface area (Å²) in [6.07, 6.45) is 1.16. The van der Waals surface area contributed by atoms with Crippen LogP contribution in [0.15, 0.2) is 24.3 Å². The van der Waals surface area contributed by atoms with Gasteiger partial charge in [0.1, 0.15) is 0 Å². The lowest BCUT2D eigenvalue weighted by atomic mass is 9.97. The van der Waals surface area contributed by atoms with Gasteiger partial charge in [0.25, 0.3) is 0 Å². The molecule has 1 N–H and O–H groups in total. The molecule has 0 aliphatic carbocycles. The number of fused-ring (bicyclic) bond motifs is 1. The van der Waals surface area contributed by atoms with Crippen LogP contribution in [0.25, 0.3) is 10.9 Å². The molecule has 0 unspecified atom stereocenters. The van der Waals surface area contributed by atoms with E-state index in [9.17, 15) is 0 Å². The Kier molecular flexibility index (Phi) is 5.35. The number of aromatic nitrogens is 1. The number of pyridine rings is 1. The fourth-order valence-electron chi connectivity index (χ4n) is 2.54. The highest BCUT2D eigenvalue weighted by Gasteiger charge is 2.10. The zero-order valence-electron chi connectivity index (χ0n) is 14.0. The van der Waals surface area contributed by atoms with Crippen LogP contribution < -0.4 is 5.32 Å². The van der Waals surface area contributed by atoms with Gasteiger partial charge in [-0.25, -0.2) is 0 Å². The van der Waals surface area contributed by atoms with Gasteiger partial charge >= 0.3 is 0 Å². The molecule has 0 bridgehead atoms. The average Bonchev–Trinajstić information content (AvgIpc) is 2.46. The van der Waals surface area contributed by atoms with Gasteiger partial charge in [-0.15, -0.1) is 0 Å². The second kappa shape index (κ2) is 7.04. The third kappa shape index (κ3) is 3.82. The minimum absolute atomic E-state index is 0.462. The summed E-state index contributed by atoms with van der Waals surface area (Å²) in [6, 6.07) is 8.99. The highest BCUT2D eigenvalue weighted by molar-refractivity contribution is 5.83. The maximum atomic E-state index is 4.84. The molecule has 0 fully saturated rings. The van der Waals surface area contributed by atoms with Crippen molar-refractivity contribution >= 4 is 10.9 Å². The molecular formula is C19H28N2. The van der Waals surface area contributed by atoms with E-state index in [2.05, 4.69) is 64.2 Å². The molecule has 0 amide bonds. The van der Waals surface area contributed by atoms with Crippen LogP contribution in [0.1, 0.15) is 69.7 Å². The zero-order valence-corrected chi connectivity index (χ0v) is 14.0. The van der Waals surface area contributed by atoms with E-state index in [1.54, 1.807) is 0 Å². The molecule has 0 aliphatic rings. The maximum Gasteiger partial charge on any atom is 0.0708 e. The summed E-state index contributed by atoms with van der Waals surface area (Å²) in [4.78, 5) is 4.84. The fraction of sp³-hybridized carbons (Fsp3) is 0.526. The first-order chi connectivity index (χ1) is 10.0. The van der Waals surface area contributed by atoms with E-state index in [1.165, 1.54) is 22.2 Å². The lowest BCUT2D eigenvalue weighted by Gasteiger charge is -2.14. The fourth-order valence-corrected chi connectivity index (χ4v) is 2.54.